The zero-order valence-corrected chi connectivity index (χ0v) is 10.1. The van der Waals surface area contributed by atoms with Crippen LogP contribution < -0.4 is 0 Å². The minimum atomic E-state index is 0.649. The van der Waals surface area contributed by atoms with Gasteiger partial charge in [0.2, 0.25) is 0 Å². The lowest BCUT2D eigenvalue weighted by Crippen LogP contribution is -1.94. The first-order valence-corrected chi connectivity index (χ1v) is 5.84. The summed E-state index contributed by atoms with van der Waals surface area (Å²) in [5.41, 5.74) is 4.12. The average Bonchev–Trinajstić information content (AvgIpc) is 2.73. The first-order valence-electron chi connectivity index (χ1n) is 5.46. The molecule has 0 radical (unpaired) electrons. The average molecular weight is 243 g/mol. The van der Waals surface area contributed by atoms with Gasteiger partial charge in [0.25, 0.3) is 0 Å². The van der Waals surface area contributed by atoms with E-state index in [9.17, 15) is 0 Å². The molecule has 2 nitrogen and oxygen atoms in total. The van der Waals surface area contributed by atoms with E-state index in [1.807, 2.05) is 49.4 Å². The summed E-state index contributed by atoms with van der Waals surface area (Å²) in [5.74, 6) is 0.800. The van der Waals surface area contributed by atoms with Gasteiger partial charge in [0.1, 0.15) is 11.0 Å². The monoisotopic (exact) mass is 242 g/mol. The van der Waals surface area contributed by atoms with E-state index in [4.69, 9.17) is 11.6 Å². The van der Waals surface area contributed by atoms with E-state index in [0.29, 0.717) is 5.15 Å². The van der Waals surface area contributed by atoms with Crippen LogP contribution in [-0.2, 0) is 0 Å². The lowest BCUT2D eigenvalue weighted by atomic mass is 10.1. The van der Waals surface area contributed by atoms with E-state index < -0.39 is 0 Å². The third-order valence-electron chi connectivity index (χ3n) is 2.87. The smallest absolute Gasteiger partial charge is 0.139 e. The predicted octanol–water partition coefficient (Wildman–Crippen LogP) is 4.14. The van der Waals surface area contributed by atoms with Crippen molar-refractivity contribution in [2.24, 2.45) is 0 Å². The molecule has 1 aliphatic carbocycles. The van der Waals surface area contributed by atoms with E-state index in [-0.39, 0.29) is 0 Å². The molecule has 0 saturated carbocycles. The minimum absolute atomic E-state index is 0.649. The second-order valence-corrected chi connectivity index (χ2v) is 4.42. The summed E-state index contributed by atoms with van der Waals surface area (Å²) < 4.78 is 0. The fourth-order valence-electron chi connectivity index (χ4n) is 2.00. The van der Waals surface area contributed by atoms with Crippen molar-refractivity contribution in [3.8, 4) is 22.6 Å². The molecule has 3 rings (SSSR count). The zero-order chi connectivity index (χ0) is 11.8. The van der Waals surface area contributed by atoms with Crippen molar-refractivity contribution in [3.63, 3.8) is 0 Å². The molecule has 84 valence electrons. The molecule has 1 aromatic rings. The Morgan fingerprint density at radius 1 is 1.06 bits per heavy atom. The highest BCUT2D eigenvalue weighted by Crippen LogP contribution is 2.33. The zero-order valence-electron chi connectivity index (χ0n) is 9.37. The summed E-state index contributed by atoms with van der Waals surface area (Å²) in [5, 5.41) is 0.649. The quantitative estimate of drug-likeness (QED) is 0.639. The van der Waals surface area contributed by atoms with Crippen molar-refractivity contribution in [1.29, 1.82) is 0 Å². The van der Waals surface area contributed by atoms with Crippen LogP contribution in [0.25, 0.3) is 22.6 Å². The lowest BCUT2D eigenvalue weighted by Gasteiger charge is -2.08. The first-order chi connectivity index (χ1) is 8.25. The van der Waals surface area contributed by atoms with Gasteiger partial charge in [0, 0.05) is 11.1 Å². The lowest BCUT2D eigenvalue weighted by molar-refractivity contribution is 1.18. The normalized spacial score (nSPS) is 10.9. The summed E-state index contributed by atoms with van der Waals surface area (Å²) >= 11 is 6.26. The maximum atomic E-state index is 6.26. The van der Waals surface area contributed by atoms with Gasteiger partial charge in [-0.2, -0.15) is 0 Å². The Hall–Kier alpha value is -1.80. The molecule has 2 aliphatic rings. The van der Waals surface area contributed by atoms with Gasteiger partial charge in [-0.15, -0.1) is 0 Å². The number of hydrogen-bond acceptors (Lipinski definition) is 1. The molecule has 1 aromatic carbocycles. The van der Waals surface area contributed by atoms with Gasteiger partial charge in [-0.05, 0) is 18.6 Å². The maximum Gasteiger partial charge on any atom is 0.139 e. The standard InChI is InChI=1S/C14H11ClN2/c1-9-7-8-11-12(9)13(15)17-14(16-11)10-5-3-2-4-6-10/h2-8H,1H3,(H,16,17). The van der Waals surface area contributed by atoms with Crippen LogP contribution in [-0.4, -0.2) is 9.97 Å². The van der Waals surface area contributed by atoms with E-state index in [2.05, 4.69) is 9.97 Å². The molecular weight excluding hydrogens is 232 g/mol. The van der Waals surface area contributed by atoms with Crippen molar-refractivity contribution in [3.05, 3.63) is 53.2 Å². The van der Waals surface area contributed by atoms with Crippen LogP contribution in [0.15, 0.2) is 42.5 Å². The highest BCUT2D eigenvalue weighted by atomic mass is 35.5. The number of fused-ring (bicyclic) bond motifs is 1. The van der Waals surface area contributed by atoms with Crippen molar-refractivity contribution in [2.75, 3.05) is 0 Å². The number of nitrogens with zero attached hydrogens (tertiary/aromatic N) is 1. The number of aromatic amines is 1. The van der Waals surface area contributed by atoms with Crippen LogP contribution in [0.2, 0.25) is 5.15 Å². The molecule has 0 fully saturated rings. The van der Waals surface area contributed by atoms with Crippen LogP contribution in [0.3, 0.4) is 0 Å². The second kappa shape index (κ2) is 3.90. The molecule has 0 atom stereocenters. The molecule has 3 heteroatoms. The molecule has 0 aromatic heterocycles. The van der Waals surface area contributed by atoms with Gasteiger partial charge in [-0.25, -0.2) is 4.98 Å². The molecule has 0 bridgehead atoms. The number of halogens is 1. The Kier molecular flexibility index (Phi) is 2.37. The maximum absolute atomic E-state index is 6.26. The van der Waals surface area contributed by atoms with Crippen LogP contribution >= 0.6 is 11.6 Å². The number of aromatic nitrogens is 2. The Morgan fingerprint density at radius 2 is 1.82 bits per heavy atom. The molecular formula is C14H11ClN2. The fourth-order valence-corrected chi connectivity index (χ4v) is 2.33. The summed E-state index contributed by atoms with van der Waals surface area (Å²) in [7, 11) is 0. The Morgan fingerprint density at radius 3 is 2.59 bits per heavy atom. The molecule has 1 heterocycles. The minimum Gasteiger partial charge on any atom is -0.330 e. The van der Waals surface area contributed by atoms with E-state index in [1.165, 1.54) is 0 Å². The molecule has 17 heavy (non-hydrogen) atoms. The molecule has 0 amide bonds. The van der Waals surface area contributed by atoms with Gasteiger partial charge in [-0.1, -0.05) is 48.0 Å². The van der Waals surface area contributed by atoms with Crippen LogP contribution in [0.1, 0.15) is 5.56 Å². The van der Waals surface area contributed by atoms with E-state index >= 15 is 0 Å². The third-order valence-corrected chi connectivity index (χ3v) is 3.15. The Labute approximate surface area is 105 Å². The number of rotatable bonds is 1. The summed E-state index contributed by atoms with van der Waals surface area (Å²) in [6.07, 6.45) is 0. The largest absolute Gasteiger partial charge is 0.330 e. The number of aryl methyl sites for hydroxylation is 1. The summed E-state index contributed by atoms with van der Waals surface area (Å²) in [4.78, 5) is 7.73. The van der Waals surface area contributed by atoms with E-state index in [1.54, 1.807) is 0 Å². The Bertz CT molecular complexity index is 628. The fraction of sp³-hybridized carbons (Fsp3) is 0.0714. The second-order valence-electron chi connectivity index (χ2n) is 4.04. The number of nitrogens with one attached hydrogen (secondary N) is 1. The predicted molar refractivity (Wildman–Crippen MR) is 70.4 cm³/mol. The van der Waals surface area contributed by atoms with E-state index in [0.717, 1.165) is 28.2 Å². The Balaban J connectivity index is 2.24. The summed E-state index contributed by atoms with van der Waals surface area (Å²) in [6, 6.07) is 14.0. The van der Waals surface area contributed by atoms with Gasteiger partial charge < -0.3 is 4.98 Å². The first kappa shape index (κ1) is 10.4. The molecule has 0 spiro atoms. The van der Waals surface area contributed by atoms with Gasteiger partial charge in [0.15, 0.2) is 0 Å². The SMILES string of the molecule is Cc1ccc2nc(-c3ccccc3)[nH]c(Cl)c1-2. The van der Waals surface area contributed by atoms with Gasteiger partial charge in [-0.3, -0.25) is 0 Å². The molecule has 1 N–H and O–H groups in total. The van der Waals surface area contributed by atoms with Crippen molar-refractivity contribution in [2.45, 2.75) is 6.92 Å². The van der Waals surface area contributed by atoms with Gasteiger partial charge in [0.05, 0.1) is 5.69 Å². The molecule has 1 aliphatic heterocycles. The molecule has 0 unspecified atom stereocenters. The number of hydrogen-bond donors (Lipinski definition) is 1. The highest BCUT2D eigenvalue weighted by molar-refractivity contribution is 6.32. The van der Waals surface area contributed by atoms with Gasteiger partial charge >= 0.3 is 0 Å². The van der Waals surface area contributed by atoms with Crippen LogP contribution in [0, 0.1) is 6.92 Å². The number of benzene rings is 1. The van der Waals surface area contributed by atoms with Crippen LogP contribution in [0.5, 0.6) is 0 Å². The topological polar surface area (TPSA) is 28.7 Å². The molecule has 0 saturated heterocycles. The van der Waals surface area contributed by atoms with Crippen molar-refractivity contribution in [1.82, 2.24) is 9.97 Å². The third kappa shape index (κ3) is 1.71. The van der Waals surface area contributed by atoms with Crippen molar-refractivity contribution < 1.29 is 0 Å². The van der Waals surface area contributed by atoms with Crippen LogP contribution in [0.4, 0.5) is 0 Å². The highest BCUT2D eigenvalue weighted by Gasteiger charge is 2.14. The number of H-pyrrole nitrogens is 1. The van der Waals surface area contributed by atoms with Crippen molar-refractivity contribution >= 4 is 11.6 Å². The summed E-state index contributed by atoms with van der Waals surface area (Å²) in [6.45, 7) is 2.03.